The van der Waals surface area contributed by atoms with Crippen molar-refractivity contribution in [3.8, 4) is 0 Å². The number of nitrogens with zero attached hydrogens (tertiary/aromatic N) is 1. The van der Waals surface area contributed by atoms with Gasteiger partial charge in [0.25, 0.3) is 11.8 Å². The normalized spacial score (nSPS) is 11.6. The van der Waals surface area contributed by atoms with Crippen molar-refractivity contribution in [1.82, 2.24) is 9.62 Å². The van der Waals surface area contributed by atoms with Crippen molar-refractivity contribution in [3.63, 3.8) is 0 Å². The highest BCUT2D eigenvalue weighted by Gasteiger charge is 2.22. The molecule has 2 N–H and O–H groups in total. The van der Waals surface area contributed by atoms with Crippen molar-refractivity contribution in [1.29, 1.82) is 0 Å². The fourth-order valence-electron chi connectivity index (χ4n) is 3.05. The summed E-state index contributed by atoms with van der Waals surface area (Å²) in [5, 5.41) is 5.66. The predicted molar refractivity (Wildman–Crippen MR) is 123 cm³/mol. The van der Waals surface area contributed by atoms with Crippen LogP contribution in [0.5, 0.6) is 0 Å². The topological polar surface area (TPSA) is 95.6 Å². The first-order chi connectivity index (χ1) is 14.6. The Bertz CT molecular complexity index is 1040. The van der Waals surface area contributed by atoms with Crippen LogP contribution in [0.1, 0.15) is 54.0 Å². The second-order valence-electron chi connectivity index (χ2n) is 7.70. The number of nitrogens with one attached hydrogen (secondary N) is 2. The zero-order valence-corrected chi connectivity index (χ0v) is 19.5. The van der Waals surface area contributed by atoms with Crippen LogP contribution in [-0.2, 0) is 10.0 Å². The molecule has 7 nitrogen and oxygen atoms in total. The highest BCUT2D eigenvalue weighted by Crippen LogP contribution is 2.20. The smallest absolute Gasteiger partial charge is 0.255 e. The van der Waals surface area contributed by atoms with Crippen molar-refractivity contribution in [2.24, 2.45) is 5.92 Å². The summed E-state index contributed by atoms with van der Waals surface area (Å²) in [5.41, 5.74) is 2.05. The third-order valence-electron chi connectivity index (χ3n) is 4.85. The Hall–Kier alpha value is -2.71. The number of carbonyl (C=O) groups excluding carboxylic acids is 2. The van der Waals surface area contributed by atoms with E-state index in [2.05, 4.69) is 10.6 Å². The van der Waals surface area contributed by atoms with E-state index in [1.165, 1.54) is 16.4 Å². The van der Waals surface area contributed by atoms with E-state index in [-0.39, 0.29) is 16.4 Å². The molecule has 0 aliphatic heterocycles. The van der Waals surface area contributed by atoms with Crippen molar-refractivity contribution < 1.29 is 18.0 Å². The van der Waals surface area contributed by atoms with Crippen molar-refractivity contribution in [2.45, 2.75) is 39.5 Å². The zero-order valence-electron chi connectivity index (χ0n) is 18.7. The van der Waals surface area contributed by atoms with Gasteiger partial charge < -0.3 is 10.6 Å². The molecule has 0 aliphatic rings. The molecule has 8 heteroatoms. The van der Waals surface area contributed by atoms with Crippen molar-refractivity contribution >= 4 is 27.5 Å². The first kappa shape index (κ1) is 24.6. The van der Waals surface area contributed by atoms with Gasteiger partial charge in [-0.15, -0.1) is 0 Å². The third-order valence-corrected chi connectivity index (χ3v) is 6.89. The second kappa shape index (κ2) is 10.5. The van der Waals surface area contributed by atoms with Gasteiger partial charge in [0.2, 0.25) is 10.0 Å². The maximum absolute atomic E-state index is 12.8. The highest BCUT2D eigenvalue weighted by molar-refractivity contribution is 7.89. The van der Waals surface area contributed by atoms with Crippen LogP contribution in [0.4, 0.5) is 5.69 Å². The summed E-state index contributed by atoms with van der Waals surface area (Å²) in [6.45, 7) is 10.7. The molecule has 0 saturated carbocycles. The van der Waals surface area contributed by atoms with E-state index in [1.54, 1.807) is 51.1 Å². The van der Waals surface area contributed by atoms with E-state index >= 15 is 0 Å². The quantitative estimate of drug-likeness (QED) is 0.616. The summed E-state index contributed by atoms with van der Waals surface area (Å²) >= 11 is 0. The molecular weight excluding hydrogens is 414 g/mol. The van der Waals surface area contributed by atoms with Gasteiger partial charge in [-0.25, -0.2) is 8.42 Å². The Balaban J connectivity index is 2.20. The first-order valence-electron chi connectivity index (χ1n) is 10.4. The average Bonchev–Trinajstić information content (AvgIpc) is 2.74. The molecule has 0 heterocycles. The Morgan fingerprint density at radius 1 is 0.968 bits per heavy atom. The zero-order chi connectivity index (χ0) is 23.2. The summed E-state index contributed by atoms with van der Waals surface area (Å²) in [4.78, 5) is 25.1. The lowest BCUT2D eigenvalue weighted by molar-refractivity contribution is 0.0948. The van der Waals surface area contributed by atoms with Gasteiger partial charge in [-0.1, -0.05) is 33.8 Å². The number of sulfonamides is 1. The van der Waals surface area contributed by atoms with Crippen LogP contribution >= 0.6 is 0 Å². The van der Waals surface area contributed by atoms with Crippen LogP contribution in [0.2, 0.25) is 0 Å². The van der Waals surface area contributed by atoms with E-state index in [1.807, 2.05) is 13.8 Å². The molecule has 0 aromatic heterocycles. The molecule has 0 unspecified atom stereocenters. The maximum Gasteiger partial charge on any atom is 0.255 e. The van der Waals surface area contributed by atoms with E-state index in [0.717, 1.165) is 5.56 Å². The first-order valence-corrected chi connectivity index (χ1v) is 11.8. The van der Waals surface area contributed by atoms with Gasteiger partial charge in [0.15, 0.2) is 0 Å². The monoisotopic (exact) mass is 445 g/mol. The van der Waals surface area contributed by atoms with E-state index in [9.17, 15) is 18.0 Å². The number of benzene rings is 2. The minimum Gasteiger partial charge on any atom is -0.352 e. The van der Waals surface area contributed by atoms with E-state index in [4.69, 9.17) is 0 Å². The lowest BCUT2D eigenvalue weighted by Crippen LogP contribution is -2.30. The Kier molecular flexibility index (Phi) is 8.36. The number of aryl methyl sites for hydroxylation is 1. The van der Waals surface area contributed by atoms with Crippen LogP contribution in [0.3, 0.4) is 0 Å². The number of anilines is 1. The van der Waals surface area contributed by atoms with E-state index < -0.39 is 15.9 Å². The van der Waals surface area contributed by atoms with Gasteiger partial charge >= 0.3 is 0 Å². The molecular formula is C23H31N3O4S. The van der Waals surface area contributed by atoms with Crippen LogP contribution in [0.15, 0.2) is 47.4 Å². The molecule has 0 fully saturated rings. The molecule has 0 bridgehead atoms. The molecule has 2 aromatic carbocycles. The second-order valence-corrected chi connectivity index (χ2v) is 9.64. The molecule has 0 radical (unpaired) electrons. The van der Waals surface area contributed by atoms with Crippen LogP contribution < -0.4 is 10.6 Å². The fourth-order valence-corrected chi connectivity index (χ4v) is 4.55. The number of hydrogen-bond acceptors (Lipinski definition) is 4. The molecule has 0 atom stereocenters. The summed E-state index contributed by atoms with van der Waals surface area (Å²) < 4.78 is 26.8. The Labute approximate surface area is 184 Å². The summed E-state index contributed by atoms with van der Waals surface area (Å²) in [7, 11) is -3.66. The minimum atomic E-state index is -3.66. The van der Waals surface area contributed by atoms with Gasteiger partial charge in [0, 0.05) is 36.4 Å². The molecule has 2 amide bonds. The number of carbonyl (C=O) groups is 2. The molecule has 2 rings (SSSR count). The summed E-state index contributed by atoms with van der Waals surface area (Å²) in [6.07, 6.45) is 0. The molecule has 31 heavy (non-hydrogen) atoms. The minimum absolute atomic E-state index is 0.0812. The predicted octanol–water partition coefficient (Wildman–Crippen LogP) is 3.66. The summed E-state index contributed by atoms with van der Waals surface area (Å²) in [6, 6.07) is 11.0. The number of hydrogen-bond donors (Lipinski definition) is 2. The molecule has 2 aromatic rings. The molecule has 0 aliphatic carbocycles. The third kappa shape index (κ3) is 6.15. The largest absolute Gasteiger partial charge is 0.352 e. The van der Waals surface area contributed by atoms with Gasteiger partial charge in [-0.05, 0) is 54.8 Å². The number of rotatable bonds is 9. The molecule has 168 valence electrons. The maximum atomic E-state index is 12.8. The van der Waals surface area contributed by atoms with Gasteiger partial charge in [-0.2, -0.15) is 4.31 Å². The lowest BCUT2D eigenvalue weighted by atomic mass is 10.1. The van der Waals surface area contributed by atoms with Crippen LogP contribution in [0, 0.1) is 12.8 Å². The van der Waals surface area contributed by atoms with Gasteiger partial charge in [0.1, 0.15) is 0 Å². The molecule has 0 spiro atoms. The highest BCUT2D eigenvalue weighted by atomic mass is 32.2. The van der Waals surface area contributed by atoms with Crippen LogP contribution in [-0.4, -0.2) is 44.2 Å². The van der Waals surface area contributed by atoms with Crippen molar-refractivity contribution in [3.05, 3.63) is 59.2 Å². The Morgan fingerprint density at radius 3 is 2.19 bits per heavy atom. The number of amides is 2. The molecule has 0 saturated heterocycles. The van der Waals surface area contributed by atoms with Gasteiger partial charge in [-0.3, -0.25) is 9.59 Å². The lowest BCUT2D eigenvalue weighted by Gasteiger charge is -2.18. The van der Waals surface area contributed by atoms with E-state index in [0.29, 0.717) is 36.8 Å². The van der Waals surface area contributed by atoms with Crippen molar-refractivity contribution in [2.75, 3.05) is 25.0 Å². The average molecular weight is 446 g/mol. The van der Waals surface area contributed by atoms with Crippen LogP contribution in [0.25, 0.3) is 0 Å². The standard InChI is InChI=1S/C23H31N3O4S/c1-6-26(7-2)31(29,30)20-10-8-9-18(14-20)23(28)25-21-12-11-19(13-17(21)5)22(27)24-15-16(3)4/h8-14,16H,6-7,15H2,1-5H3,(H,24,27)(H,25,28). The van der Waals surface area contributed by atoms with Gasteiger partial charge in [0.05, 0.1) is 4.90 Å². The SMILES string of the molecule is CCN(CC)S(=O)(=O)c1cccc(C(=O)Nc2ccc(C(=O)NCC(C)C)cc2C)c1. The summed E-state index contributed by atoms with van der Waals surface area (Å²) in [5.74, 6) is -0.231. The fraction of sp³-hybridized carbons (Fsp3) is 0.391. The Morgan fingerprint density at radius 2 is 1.61 bits per heavy atom.